The number of nitrogens with zero attached hydrogens (tertiary/aromatic N) is 1. The van der Waals surface area contributed by atoms with Gasteiger partial charge in [0, 0.05) is 12.6 Å². The quantitative estimate of drug-likeness (QED) is 0.888. The lowest BCUT2D eigenvalue weighted by atomic mass is 9.86. The van der Waals surface area contributed by atoms with Gasteiger partial charge in [-0.2, -0.15) is 0 Å². The lowest BCUT2D eigenvalue weighted by Crippen LogP contribution is -2.43. The molecule has 1 heterocycles. The summed E-state index contributed by atoms with van der Waals surface area (Å²) in [6.07, 6.45) is 1.28. The molecule has 1 fully saturated rings. The largest absolute Gasteiger partial charge is 0.330 e. The molecule has 18 heavy (non-hydrogen) atoms. The molecule has 0 radical (unpaired) electrons. The van der Waals surface area contributed by atoms with Gasteiger partial charge in [0.25, 0.3) is 0 Å². The minimum absolute atomic E-state index is 0.506. The second-order valence-corrected chi connectivity index (χ2v) is 5.85. The molecule has 1 aliphatic rings. The maximum atomic E-state index is 5.89. The molecule has 1 aliphatic heterocycles. The van der Waals surface area contributed by atoms with Crippen molar-refractivity contribution in [3.05, 3.63) is 35.4 Å². The van der Waals surface area contributed by atoms with Crippen molar-refractivity contribution in [3.63, 3.8) is 0 Å². The molecule has 0 aliphatic carbocycles. The molecule has 1 aromatic carbocycles. The highest BCUT2D eigenvalue weighted by Crippen LogP contribution is 2.29. The van der Waals surface area contributed by atoms with Gasteiger partial charge in [0.05, 0.1) is 0 Å². The zero-order chi connectivity index (χ0) is 13.1. The molecule has 2 N–H and O–H groups in total. The average molecular weight is 246 g/mol. The first-order valence-corrected chi connectivity index (χ1v) is 7.12. The molecule has 1 saturated heterocycles. The zero-order valence-electron chi connectivity index (χ0n) is 11.9. The Kier molecular flexibility index (Phi) is 4.41. The van der Waals surface area contributed by atoms with Crippen LogP contribution < -0.4 is 5.73 Å². The summed E-state index contributed by atoms with van der Waals surface area (Å²) < 4.78 is 0. The van der Waals surface area contributed by atoms with Crippen LogP contribution in [0.25, 0.3) is 0 Å². The third-order valence-electron chi connectivity index (χ3n) is 4.52. The van der Waals surface area contributed by atoms with Crippen LogP contribution in [-0.4, -0.2) is 24.5 Å². The monoisotopic (exact) mass is 246 g/mol. The molecule has 2 nitrogen and oxygen atoms in total. The fourth-order valence-corrected chi connectivity index (χ4v) is 2.98. The van der Waals surface area contributed by atoms with Crippen molar-refractivity contribution in [3.8, 4) is 0 Å². The molecule has 0 saturated carbocycles. The third kappa shape index (κ3) is 2.93. The van der Waals surface area contributed by atoms with Gasteiger partial charge in [-0.1, -0.05) is 36.8 Å². The molecule has 0 spiro atoms. The Morgan fingerprint density at radius 3 is 2.89 bits per heavy atom. The number of hydrogen-bond donors (Lipinski definition) is 1. The van der Waals surface area contributed by atoms with Gasteiger partial charge < -0.3 is 5.73 Å². The molecule has 2 heteroatoms. The molecule has 0 bridgehead atoms. The lowest BCUT2D eigenvalue weighted by molar-refractivity contribution is 0.0978. The van der Waals surface area contributed by atoms with Crippen LogP contribution in [0, 0.1) is 18.8 Å². The fraction of sp³-hybridized carbons (Fsp3) is 0.625. The maximum Gasteiger partial charge on any atom is 0.0320 e. The van der Waals surface area contributed by atoms with E-state index in [0.717, 1.165) is 19.0 Å². The highest BCUT2D eigenvalue weighted by Gasteiger charge is 2.28. The van der Waals surface area contributed by atoms with E-state index < -0.39 is 0 Å². The predicted octanol–water partition coefficient (Wildman–Crippen LogP) is 2.97. The van der Waals surface area contributed by atoms with Gasteiger partial charge >= 0.3 is 0 Å². The summed E-state index contributed by atoms with van der Waals surface area (Å²) in [6, 6.07) is 9.38. The van der Waals surface area contributed by atoms with Crippen molar-refractivity contribution in [2.45, 2.75) is 33.2 Å². The molecule has 3 atom stereocenters. The summed E-state index contributed by atoms with van der Waals surface area (Å²) in [5.41, 5.74) is 8.67. The van der Waals surface area contributed by atoms with E-state index in [1.165, 1.54) is 24.1 Å². The summed E-state index contributed by atoms with van der Waals surface area (Å²) in [4.78, 5) is 2.59. The molecule has 0 amide bonds. The smallest absolute Gasteiger partial charge is 0.0320 e. The Bertz CT molecular complexity index is 388. The Balaban J connectivity index is 2.07. The predicted molar refractivity (Wildman–Crippen MR) is 77.5 cm³/mol. The molecule has 0 aromatic heterocycles. The summed E-state index contributed by atoms with van der Waals surface area (Å²) in [6.45, 7) is 9.99. The Hall–Kier alpha value is -0.860. The van der Waals surface area contributed by atoms with E-state index in [1.54, 1.807) is 0 Å². The van der Waals surface area contributed by atoms with Crippen molar-refractivity contribution < 1.29 is 0 Å². The number of benzene rings is 1. The average Bonchev–Trinajstić information content (AvgIpc) is 2.38. The van der Waals surface area contributed by atoms with E-state index in [2.05, 4.69) is 49.9 Å². The first-order valence-electron chi connectivity index (χ1n) is 7.12. The summed E-state index contributed by atoms with van der Waals surface area (Å²) in [5, 5.41) is 0. The van der Waals surface area contributed by atoms with Crippen molar-refractivity contribution in [1.82, 2.24) is 4.90 Å². The Morgan fingerprint density at radius 1 is 1.44 bits per heavy atom. The molecule has 3 unspecified atom stereocenters. The van der Waals surface area contributed by atoms with Gasteiger partial charge in [-0.15, -0.1) is 0 Å². The third-order valence-corrected chi connectivity index (χ3v) is 4.52. The number of rotatable bonds is 3. The van der Waals surface area contributed by atoms with Crippen LogP contribution in [0.4, 0.5) is 0 Å². The van der Waals surface area contributed by atoms with Gasteiger partial charge in [-0.05, 0) is 50.8 Å². The number of aryl methyl sites for hydroxylation is 1. The normalized spacial score (nSPS) is 27.1. The van der Waals surface area contributed by atoms with Gasteiger partial charge in [0.15, 0.2) is 0 Å². The summed E-state index contributed by atoms with van der Waals surface area (Å²) in [5.74, 6) is 1.43. The minimum Gasteiger partial charge on any atom is -0.330 e. The second kappa shape index (κ2) is 5.85. The summed E-state index contributed by atoms with van der Waals surface area (Å²) in [7, 11) is 0. The topological polar surface area (TPSA) is 29.3 Å². The first kappa shape index (κ1) is 13.6. The number of nitrogens with two attached hydrogens (primary N) is 1. The van der Waals surface area contributed by atoms with Crippen molar-refractivity contribution in [2.24, 2.45) is 17.6 Å². The van der Waals surface area contributed by atoms with Crippen molar-refractivity contribution in [2.75, 3.05) is 19.6 Å². The van der Waals surface area contributed by atoms with Crippen LogP contribution in [0.2, 0.25) is 0 Å². The lowest BCUT2D eigenvalue weighted by Gasteiger charge is -2.40. The van der Waals surface area contributed by atoms with E-state index in [0.29, 0.717) is 12.0 Å². The van der Waals surface area contributed by atoms with Gasteiger partial charge in [-0.25, -0.2) is 0 Å². The van der Waals surface area contributed by atoms with E-state index in [1.807, 2.05) is 0 Å². The highest BCUT2D eigenvalue weighted by atomic mass is 15.2. The Labute approximate surface area is 111 Å². The second-order valence-electron chi connectivity index (χ2n) is 5.85. The molecular formula is C16H26N2. The van der Waals surface area contributed by atoms with Gasteiger partial charge in [-0.3, -0.25) is 4.90 Å². The summed E-state index contributed by atoms with van der Waals surface area (Å²) >= 11 is 0. The van der Waals surface area contributed by atoms with E-state index >= 15 is 0 Å². The molecule has 1 aromatic rings. The minimum atomic E-state index is 0.506. The van der Waals surface area contributed by atoms with E-state index in [-0.39, 0.29) is 0 Å². The SMILES string of the molecule is Cc1cccc(C(C)N2CCC(C)C(CN)C2)c1. The van der Waals surface area contributed by atoms with Crippen LogP contribution >= 0.6 is 0 Å². The standard InChI is InChI=1S/C16H26N2/c1-12-5-4-6-15(9-12)14(3)18-8-7-13(2)16(10-17)11-18/h4-6,9,13-14,16H,7-8,10-11,17H2,1-3H3. The molecule has 100 valence electrons. The fourth-order valence-electron chi connectivity index (χ4n) is 2.98. The van der Waals surface area contributed by atoms with E-state index in [4.69, 9.17) is 5.73 Å². The van der Waals surface area contributed by atoms with Gasteiger partial charge in [0.2, 0.25) is 0 Å². The number of piperidine rings is 1. The molecule has 2 rings (SSSR count). The van der Waals surface area contributed by atoms with Crippen LogP contribution in [0.1, 0.15) is 37.4 Å². The van der Waals surface area contributed by atoms with Crippen LogP contribution in [0.3, 0.4) is 0 Å². The van der Waals surface area contributed by atoms with Crippen LogP contribution in [0.5, 0.6) is 0 Å². The van der Waals surface area contributed by atoms with Crippen molar-refractivity contribution >= 4 is 0 Å². The number of likely N-dealkylation sites (tertiary alicyclic amines) is 1. The molecular weight excluding hydrogens is 220 g/mol. The number of hydrogen-bond acceptors (Lipinski definition) is 2. The first-order chi connectivity index (χ1) is 8.61. The van der Waals surface area contributed by atoms with E-state index in [9.17, 15) is 0 Å². The zero-order valence-corrected chi connectivity index (χ0v) is 11.9. The highest BCUT2D eigenvalue weighted by molar-refractivity contribution is 5.24. The van der Waals surface area contributed by atoms with Crippen molar-refractivity contribution in [1.29, 1.82) is 0 Å². The van der Waals surface area contributed by atoms with Crippen LogP contribution in [0.15, 0.2) is 24.3 Å². The maximum absolute atomic E-state index is 5.89. The van der Waals surface area contributed by atoms with Gasteiger partial charge in [0.1, 0.15) is 0 Å². The Morgan fingerprint density at radius 2 is 2.22 bits per heavy atom. The van der Waals surface area contributed by atoms with Crippen LogP contribution in [-0.2, 0) is 0 Å².